The number of nitrogens with one attached hydrogen (secondary N) is 1. The summed E-state index contributed by atoms with van der Waals surface area (Å²) in [6.07, 6.45) is 3.89. The number of aromatic nitrogens is 2. The minimum atomic E-state index is -3.57. The molecule has 8 nitrogen and oxygen atoms in total. The van der Waals surface area contributed by atoms with Gasteiger partial charge in [0.05, 0.1) is 45.3 Å². The Kier molecular flexibility index (Phi) is 5.89. The first-order chi connectivity index (χ1) is 12.9. The highest BCUT2D eigenvalue weighted by atomic mass is 32.2. The number of benzene rings is 1. The van der Waals surface area contributed by atoms with Gasteiger partial charge < -0.3 is 18.9 Å². The van der Waals surface area contributed by atoms with E-state index < -0.39 is 10.0 Å². The van der Waals surface area contributed by atoms with Crippen molar-refractivity contribution in [3.8, 4) is 11.5 Å². The van der Waals surface area contributed by atoms with Crippen molar-refractivity contribution < 1.29 is 22.8 Å². The molecule has 1 aliphatic rings. The zero-order valence-corrected chi connectivity index (χ0v) is 17.3. The van der Waals surface area contributed by atoms with Crippen molar-refractivity contribution in [2.24, 2.45) is 7.05 Å². The molecule has 2 aromatic rings. The van der Waals surface area contributed by atoms with Crippen LogP contribution in [0.3, 0.4) is 0 Å². The van der Waals surface area contributed by atoms with E-state index in [2.05, 4.69) is 0 Å². The first kappa shape index (κ1) is 19.9. The van der Waals surface area contributed by atoms with Crippen LogP contribution >= 0.6 is 12.2 Å². The maximum absolute atomic E-state index is 13.0. The van der Waals surface area contributed by atoms with Gasteiger partial charge in [-0.25, -0.2) is 8.42 Å². The second kappa shape index (κ2) is 8.01. The van der Waals surface area contributed by atoms with Crippen LogP contribution < -0.4 is 14.4 Å². The van der Waals surface area contributed by atoms with E-state index in [-0.39, 0.29) is 4.90 Å². The van der Waals surface area contributed by atoms with Crippen LogP contribution in [0, 0.1) is 4.77 Å². The number of piperazine rings is 1. The van der Waals surface area contributed by atoms with E-state index in [1.165, 1.54) is 29.5 Å². The minimum absolute atomic E-state index is 0.217. The molecule has 0 aliphatic carbocycles. The van der Waals surface area contributed by atoms with Gasteiger partial charge in [-0.05, 0) is 24.4 Å². The van der Waals surface area contributed by atoms with Crippen LogP contribution in [0.5, 0.6) is 11.5 Å². The Morgan fingerprint density at radius 1 is 1.11 bits per heavy atom. The predicted molar refractivity (Wildman–Crippen MR) is 103 cm³/mol. The Balaban J connectivity index is 1.69. The van der Waals surface area contributed by atoms with E-state index in [0.29, 0.717) is 24.6 Å². The fourth-order valence-electron chi connectivity index (χ4n) is 3.20. The molecule has 0 atom stereocenters. The van der Waals surface area contributed by atoms with Crippen LogP contribution in [0.25, 0.3) is 0 Å². The number of hydrogen-bond acceptors (Lipinski definition) is 5. The quantitative estimate of drug-likeness (QED) is 0.682. The minimum Gasteiger partial charge on any atom is -0.493 e. The lowest BCUT2D eigenvalue weighted by Crippen LogP contribution is -3.14. The van der Waals surface area contributed by atoms with Crippen LogP contribution in [-0.2, 0) is 23.7 Å². The Morgan fingerprint density at radius 3 is 2.33 bits per heavy atom. The van der Waals surface area contributed by atoms with Crippen LogP contribution in [0.2, 0.25) is 0 Å². The maximum atomic E-state index is 13.0. The first-order valence-corrected chi connectivity index (χ1v) is 10.5. The van der Waals surface area contributed by atoms with Crippen molar-refractivity contribution >= 4 is 22.2 Å². The molecule has 1 aromatic heterocycles. The number of imidazole rings is 1. The van der Waals surface area contributed by atoms with Crippen LogP contribution in [0.4, 0.5) is 0 Å². The first-order valence-electron chi connectivity index (χ1n) is 8.64. The summed E-state index contributed by atoms with van der Waals surface area (Å²) >= 11 is 5.37. The lowest BCUT2D eigenvalue weighted by Gasteiger charge is -2.31. The lowest BCUT2D eigenvalue weighted by molar-refractivity contribution is -0.926. The van der Waals surface area contributed by atoms with Gasteiger partial charge in [0, 0.05) is 25.5 Å². The van der Waals surface area contributed by atoms with Gasteiger partial charge in [-0.1, -0.05) is 0 Å². The molecule has 0 radical (unpaired) electrons. The molecular formula is C17H25N4O4S2+. The molecule has 0 unspecified atom stereocenters. The zero-order valence-electron chi connectivity index (χ0n) is 15.7. The summed E-state index contributed by atoms with van der Waals surface area (Å²) in [7, 11) is 1.36. The monoisotopic (exact) mass is 413 g/mol. The molecule has 1 N–H and O–H groups in total. The average molecular weight is 414 g/mol. The van der Waals surface area contributed by atoms with Gasteiger partial charge >= 0.3 is 0 Å². The van der Waals surface area contributed by atoms with Crippen molar-refractivity contribution in [1.82, 2.24) is 13.4 Å². The van der Waals surface area contributed by atoms with Crippen LogP contribution in [-0.4, -0.2) is 62.3 Å². The Bertz CT molecular complexity index is 960. The highest BCUT2D eigenvalue weighted by Gasteiger charge is 2.31. The zero-order chi connectivity index (χ0) is 19.6. The number of quaternary nitrogens is 1. The van der Waals surface area contributed by atoms with Gasteiger partial charge in [0.15, 0.2) is 22.9 Å². The van der Waals surface area contributed by atoms with Gasteiger partial charge in [-0.3, -0.25) is 4.57 Å². The Morgan fingerprint density at radius 2 is 1.78 bits per heavy atom. The molecular weight excluding hydrogens is 388 g/mol. The Hall–Kier alpha value is -1.88. The van der Waals surface area contributed by atoms with E-state index in [9.17, 15) is 8.42 Å². The van der Waals surface area contributed by atoms with E-state index in [4.69, 9.17) is 21.7 Å². The van der Waals surface area contributed by atoms with Crippen LogP contribution in [0.1, 0.15) is 0 Å². The van der Waals surface area contributed by atoms with Gasteiger partial charge in [0.2, 0.25) is 10.0 Å². The molecule has 0 bridgehead atoms. The number of sulfonamides is 1. The summed E-state index contributed by atoms with van der Waals surface area (Å²) in [5.74, 6) is 0.909. The second-order valence-corrected chi connectivity index (χ2v) is 8.79. The fraction of sp³-hybridized carbons (Fsp3) is 0.471. The number of nitrogens with zero attached hydrogens (tertiary/aromatic N) is 3. The molecule has 2 heterocycles. The SMILES string of the molecule is COc1ccc(S(=O)(=O)N2CC[NH+](Cn3ccn(C)c3=S)CC2)cc1OC. The molecule has 1 aliphatic heterocycles. The van der Waals surface area contributed by atoms with Crippen molar-refractivity contribution in [1.29, 1.82) is 0 Å². The van der Waals surface area contributed by atoms with Crippen LogP contribution in [0.15, 0.2) is 35.5 Å². The van der Waals surface area contributed by atoms with Gasteiger partial charge in [-0.2, -0.15) is 4.31 Å². The summed E-state index contributed by atoms with van der Waals surface area (Å²) in [4.78, 5) is 1.52. The normalized spacial score (nSPS) is 16.4. The number of aryl methyl sites for hydroxylation is 1. The summed E-state index contributed by atoms with van der Waals surface area (Å²) in [5.41, 5.74) is 0. The number of ether oxygens (including phenoxy) is 2. The van der Waals surface area contributed by atoms with Crippen molar-refractivity contribution in [2.75, 3.05) is 40.4 Å². The molecule has 1 saturated heterocycles. The summed E-state index contributed by atoms with van der Waals surface area (Å²) in [6, 6.07) is 4.68. The lowest BCUT2D eigenvalue weighted by atomic mass is 10.3. The van der Waals surface area contributed by atoms with Crippen molar-refractivity contribution in [2.45, 2.75) is 11.6 Å². The highest BCUT2D eigenvalue weighted by Crippen LogP contribution is 2.30. The molecule has 0 spiro atoms. The topological polar surface area (TPSA) is 70.1 Å². The number of rotatable bonds is 6. The molecule has 148 valence electrons. The van der Waals surface area contributed by atoms with Gasteiger partial charge in [0.1, 0.15) is 0 Å². The van der Waals surface area contributed by atoms with E-state index in [0.717, 1.165) is 24.5 Å². The predicted octanol–water partition coefficient (Wildman–Crippen LogP) is 0.120. The third kappa shape index (κ3) is 4.03. The van der Waals surface area contributed by atoms with Gasteiger partial charge in [-0.15, -0.1) is 0 Å². The molecule has 10 heteroatoms. The van der Waals surface area contributed by atoms with Crippen molar-refractivity contribution in [3.63, 3.8) is 0 Å². The molecule has 0 saturated carbocycles. The molecule has 0 amide bonds. The molecule has 27 heavy (non-hydrogen) atoms. The smallest absolute Gasteiger partial charge is 0.243 e. The highest BCUT2D eigenvalue weighted by molar-refractivity contribution is 7.89. The second-order valence-electron chi connectivity index (χ2n) is 6.49. The van der Waals surface area contributed by atoms with E-state index >= 15 is 0 Å². The summed E-state index contributed by atoms with van der Waals surface area (Å²) in [5, 5.41) is 0. The fourth-order valence-corrected chi connectivity index (χ4v) is 4.84. The average Bonchev–Trinajstić information content (AvgIpc) is 3.00. The third-order valence-corrected chi connectivity index (χ3v) is 7.25. The number of methoxy groups -OCH3 is 2. The summed E-state index contributed by atoms with van der Waals surface area (Å²) < 4.78 is 42.6. The van der Waals surface area contributed by atoms with E-state index in [1.807, 2.05) is 28.6 Å². The third-order valence-electron chi connectivity index (χ3n) is 4.83. The van der Waals surface area contributed by atoms with E-state index in [1.54, 1.807) is 12.1 Å². The van der Waals surface area contributed by atoms with Crippen molar-refractivity contribution in [3.05, 3.63) is 35.4 Å². The molecule has 1 aromatic carbocycles. The molecule has 3 rings (SSSR count). The summed E-state index contributed by atoms with van der Waals surface area (Å²) in [6.45, 7) is 3.12. The standard InChI is InChI=1S/C17H24N4O4S2/c1-18-6-9-20(17(18)26)13-19-7-10-21(11-8-19)27(22,23)14-4-5-15(24-2)16(12-14)25-3/h4-6,9,12H,7-8,10-11,13H2,1-3H3/p+1. The Labute approximate surface area is 164 Å². The molecule has 1 fully saturated rings. The van der Waals surface area contributed by atoms with Gasteiger partial charge in [0.25, 0.3) is 0 Å². The largest absolute Gasteiger partial charge is 0.493 e. The maximum Gasteiger partial charge on any atom is 0.243 e. The number of hydrogen-bond donors (Lipinski definition) is 1.